The molecule has 0 aliphatic rings. The molecule has 0 fully saturated rings. The molecule has 3 heteroatoms. The third-order valence-corrected chi connectivity index (χ3v) is 2.18. The van der Waals surface area contributed by atoms with E-state index in [1.807, 2.05) is 32.5 Å². The monoisotopic (exact) mass is 172 g/mol. The number of hydrogen-bond acceptors (Lipinski definition) is 1. The van der Waals surface area contributed by atoms with Gasteiger partial charge in [-0.2, -0.15) is 5.10 Å². The molecule has 1 rings (SSSR count). The highest BCUT2D eigenvalue weighted by Crippen LogP contribution is 2.25. The fourth-order valence-corrected chi connectivity index (χ4v) is 1.68. The molecule has 0 saturated carbocycles. The number of nitrogens with zero attached hydrogens (tertiary/aromatic N) is 2. The minimum atomic E-state index is 0.0590. The largest absolute Gasteiger partial charge is 0.272 e. The van der Waals surface area contributed by atoms with Gasteiger partial charge in [0.05, 0.1) is 11.1 Å². The molecule has 1 unspecified atom stereocenters. The number of aromatic nitrogens is 2. The molecule has 62 valence electrons. The summed E-state index contributed by atoms with van der Waals surface area (Å²) in [5.41, 5.74) is 3.35. The Kier molecular flexibility index (Phi) is 2.23. The van der Waals surface area contributed by atoms with Crippen molar-refractivity contribution >= 4 is 11.6 Å². The average molecular weight is 173 g/mol. The number of hydrogen-bond donors (Lipinski definition) is 0. The van der Waals surface area contributed by atoms with E-state index < -0.39 is 0 Å². The second-order valence-electron chi connectivity index (χ2n) is 2.82. The van der Waals surface area contributed by atoms with Crippen LogP contribution in [0.5, 0.6) is 0 Å². The van der Waals surface area contributed by atoms with E-state index in [-0.39, 0.29) is 5.38 Å². The standard InChI is InChI=1S/C8H13ClN2/c1-5(9)8-6(2)10-11(4)7(8)3/h5H,1-4H3. The predicted molar refractivity (Wildman–Crippen MR) is 47.0 cm³/mol. The van der Waals surface area contributed by atoms with Crippen molar-refractivity contribution in [1.82, 2.24) is 9.78 Å². The number of alkyl halides is 1. The molecule has 0 radical (unpaired) electrons. The van der Waals surface area contributed by atoms with Crippen LogP contribution in [0, 0.1) is 13.8 Å². The second-order valence-corrected chi connectivity index (χ2v) is 3.48. The van der Waals surface area contributed by atoms with Gasteiger partial charge in [-0.15, -0.1) is 11.6 Å². The summed E-state index contributed by atoms with van der Waals surface area (Å²) in [6.07, 6.45) is 0. The van der Waals surface area contributed by atoms with Crippen molar-refractivity contribution in [2.24, 2.45) is 7.05 Å². The Bertz CT molecular complexity index is 263. The summed E-state index contributed by atoms with van der Waals surface area (Å²) < 4.78 is 1.86. The highest BCUT2D eigenvalue weighted by atomic mass is 35.5. The summed E-state index contributed by atoms with van der Waals surface area (Å²) in [5, 5.41) is 4.32. The number of aryl methyl sites for hydroxylation is 2. The van der Waals surface area contributed by atoms with Gasteiger partial charge in [0.15, 0.2) is 0 Å². The van der Waals surface area contributed by atoms with Crippen LogP contribution in [0.25, 0.3) is 0 Å². The average Bonchev–Trinajstić information content (AvgIpc) is 2.07. The summed E-state index contributed by atoms with van der Waals surface area (Å²) in [5.74, 6) is 0. The Morgan fingerprint density at radius 3 is 2.18 bits per heavy atom. The Morgan fingerprint density at radius 1 is 1.45 bits per heavy atom. The van der Waals surface area contributed by atoms with Gasteiger partial charge in [-0.3, -0.25) is 4.68 Å². The second kappa shape index (κ2) is 2.86. The first-order valence-corrected chi connectivity index (χ1v) is 4.12. The first-order chi connectivity index (χ1) is 5.04. The van der Waals surface area contributed by atoms with Crippen molar-refractivity contribution in [1.29, 1.82) is 0 Å². The van der Waals surface area contributed by atoms with E-state index in [4.69, 9.17) is 11.6 Å². The van der Waals surface area contributed by atoms with Crippen molar-refractivity contribution in [3.05, 3.63) is 17.0 Å². The summed E-state index contributed by atoms with van der Waals surface area (Å²) in [6.45, 7) is 5.99. The van der Waals surface area contributed by atoms with Crippen LogP contribution in [-0.4, -0.2) is 9.78 Å². The summed E-state index contributed by atoms with van der Waals surface area (Å²) >= 11 is 5.97. The molecule has 0 spiro atoms. The molecule has 0 bridgehead atoms. The third-order valence-electron chi connectivity index (χ3n) is 1.96. The van der Waals surface area contributed by atoms with Crippen LogP contribution < -0.4 is 0 Å². The van der Waals surface area contributed by atoms with Gasteiger partial charge in [0.2, 0.25) is 0 Å². The zero-order valence-electron chi connectivity index (χ0n) is 7.35. The molecule has 0 aromatic carbocycles. The fourth-order valence-electron chi connectivity index (χ4n) is 1.37. The topological polar surface area (TPSA) is 17.8 Å². The van der Waals surface area contributed by atoms with Gasteiger partial charge in [-0.1, -0.05) is 0 Å². The molecular formula is C8H13ClN2. The van der Waals surface area contributed by atoms with Crippen molar-refractivity contribution < 1.29 is 0 Å². The lowest BCUT2D eigenvalue weighted by atomic mass is 10.1. The molecule has 2 nitrogen and oxygen atoms in total. The molecule has 0 amide bonds. The third kappa shape index (κ3) is 1.41. The van der Waals surface area contributed by atoms with Crippen molar-refractivity contribution in [2.75, 3.05) is 0 Å². The lowest BCUT2D eigenvalue weighted by Gasteiger charge is -2.02. The SMILES string of the molecule is Cc1nn(C)c(C)c1C(C)Cl. The van der Waals surface area contributed by atoms with Crippen LogP contribution in [0.2, 0.25) is 0 Å². The summed E-state index contributed by atoms with van der Waals surface area (Å²) in [7, 11) is 1.94. The van der Waals surface area contributed by atoms with E-state index in [1.54, 1.807) is 0 Å². The van der Waals surface area contributed by atoms with Gasteiger partial charge in [0, 0.05) is 18.3 Å². The normalized spacial score (nSPS) is 13.5. The minimum absolute atomic E-state index is 0.0590. The minimum Gasteiger partial charge on any atom is -0.272 e. The number of rotatable bonds is 1. The van der Waals surface area contributed by atoms with E-state index in [0.29, 0.717) is 0 Å². The first-order valence-electron chi connectivity index (χ1n) is 3.68. The van der Waals surface area contributed by atoms with Gasteiger partial charge in [0.1, 0.15) is 0 Å². The molecule has 1 heterocycles. The lowest BCUT2D eigenvalue weighted by Crippen LogP contribution is -1.94. The van der Waals surface area contributed by atoms with Crippen LogP contribution in [0.15, 0.2) is 0 Å². The zero-order valence-corrected chi connectivity index (χ0v) is 8.11. The molecule has 1 atom stereocenters. The van der Waals surface area contributed by atoms with Crippen LogP contribution in [0.4, 0.5) is 0 Å². The first kappa shape index (κ1) is 8.60. The fraction of sp³-hybridized carbons (Fsp3) is 0.625. The van der Waals surface area contributed by atoms with Crippen molar-refractivity contribution in [3.63, 3.8) is 0 Å². The molecule has 11 heavy (non-hydrogen) atoms. The molecule has 0 N–H and O–H groups in total. The predicted octanol–water partition coefficient (Wildman–Crippen LogP) is 2.34. The molecule has 1 aromatic heterocycles. The maximum Gasteiger partial charge on any atom is 0.0643 e. The van der Waals surface area contributed by atoms with Crippen molar-refractivity contribution in [2.45, 2.75) is 26.1 Å². The molecule has 0 aliphatic carbocycles. The molecule has 1 aromatic rings. The van der Waals surface area contributed by atoms with Crippen LogP contribution in [0.1, 0.15) is 29.3 Å². The Labute approximate surface area is 72.2 Å². The summed E-state index contributed by atoms with van der Waals surface area (Å²) in [6, 6.07) is 0. The van der Waals surface area contributed by atoms with Crippen LogP contribution in [0.3, 0.4) is 0 Å². The Balaban J connectivity index is 3.22. The van der Waals surface area contributed by atoms with E-state index >= 15 is 0 Å². The van der Waals surface area contributed by atoms with E-state index in [9.17, 15) is 0 Å². The summed E-state index contributed by atoms with van der Waals surface area (Å²) in [4.78, 5) is 0. The van der Waals surface area contributed by atoms with Gasteiger partial charge in [-0.25, -0.2) is 0 Å². The molecule has 0 saturated heterocycles. The maximum atomic E-state index is 5.97. The van der Waals surface area contributed by atoms with Crippen LogP contribution >= 0.6 is 11.6 Å². The smallest absolute Gasteiger partial charge is 0.0643 e. The van der Waals surface area contributed by atoms with Crippen LogP contribution in [-0.2, 0) is 7.05 Å². The van der Waals surface area contributed by atoms with Gasteiger partial charge >= 0.3 is 0 Å². The van der Waals surface area contributed by atoms with E-state index in [1.165, 1.54) is 0 Å². The number of halogens is 1. The Hall–Kier alpha value is -0.500. The zero-order chi connectivity index (χ0) is 8.59. The van der Waals surface area contributed by atoms with Gasteiger partial charge in [-0.05, 0) is 20.8 Å². The Morgan fingerprint density at radius 2 is 2.00 bits per heavy atom. The highest BCUT2D eigenvalue weighted by Gasteiger charge is 2.13. The quantitative estimate of drug-likeness (QED) is 0.595. The molecular weight excluding hydrogens is 160 g/mol. The van der Waals surface area contributed by atoms with E-state index in [2.05, 4.69) is 5.10 Å². The van der Waals surface area contributed by atoms with Gasteiger partial charge < -0.3 is 0 Å². The van der Waals surface area contributed by atoms with E-state index in [0.717, 1.165) is 17.0 Å². The maximum absolute atomic E-state index is 5.97. The lowest BCUT2D eigenvalue weighted by molar-refractivity contribution is 0.730. The molecule has 0 aliphatic heterocycles. The van der Waals surface area contributed by atoms with Crippen molar-refractivity contribution in [3.8, 4) is 0 Å². The van der Waals surface area contributed by atoms with Gasteiger partial charge in [0.25, 0.3) is 0 Å². The highest BCUT2D eigenvalue weighted by molar-refractivity contribution is 6.20.